The molecular weight excluding hydrogens is 358 g/mol. The summed E-state index contributed by atoms with van der Waals surface area (Å²) in [5.41, 5.74) is 0.411. The largest absolute Gasteiger partial charge is 0.504 e. The molecule has 0 saturated carbocycles. The normalized spacial score (nSPS) is 19.3. The number of nitrogens with zero attached hydrogens (tertiary/aromatic N) is 2. The van der Waals surface area contributed by atoms with E-state index < -0.39 is 17.5 Å². The smallest absolute Gasteiger partial charge is 0.346 e. The molecule has 1 aliphatic heterocycles. The molecule has 0 bridgehead atoms. The highest BCUT2D eigenvalue weighted by Gasteiger charge is 2.47. The Hall–Kier alpha value is -3.35. The quantitative estimate of drug-likeness (QED) is 0.570. The first kappa shape index (κ1) is 19.4. The molecule has 1 atom stereocenters. The SMILES string of the molecule is CCOc1cccc(/C=N/N2C(=O)N[C@](C)(CCc3ccccc3)C2=O)c1O. The Morgan fingerprint density at radius 3 is 2.64 bits per heavy atom. The number of aromatic hydroxyl groups is 1. The van der Waals surface area contributed by atoms with Gasteiger partial charge in [-0.1, -0.05) is 36.4 Å². The molecule has 2 N–H and O–H groups in total. The van der Waals surface area contributed by atoms with Crippen molar-refractivity contribution in [2.24, 2.45) is 5.10 Å². The van der Waals surface area contributed by atoms with Gasteiger partial charge in [-0.25, -0.2) is 4.79 Å². The monoisotopic (exact) mass is 381 g/mol. The van der Waals surface area contributed by atoms with Crippen molar-refractivity contribution in [3.05, 3.63) is 59.7 Å². The van der Waals surface area contributed by atoms with E-state index in [9.17, 15) is 14.7 Å². The first-order chi connectivity index (χ1) is 13.4. The average Bonchev–Trinajstić information content (AvgIpc) is 2.91. The van der Waals surface area contributed by atoms with Crippen molar-refractivity contribution in [1.82, 2.24) is 10.3 Å². The lowest BCUT2D eigenvalue weighted by Crippen LogP contribution is -2.44. The topological polar surface area (TPSA) is 91.2 Å². The maximum Gasteiger partial charge on any atom is 0.346 e. The van der Waals surface area contributed by atoms with E-state index in [4.69, 9.17) is 4.74 Å². The molecule has 7 heteroatoms. The predicted octanol–water partition coefficient (Wildman–Crippen LogP) is 3.07. The van der Waals surface area contributed by atoms with Crippen LogP contribution in [-0.4, -0.2) is 40.4 Å². The Bertz CT molecular complexity index is 898. The van der Waals surface area contributed by atoms with Gasteiger partial charge in [-0.15, -0.1) is 5.01 Å². The molecule has 1 fully saturated rings. The number of aryl methyl sites for hydroxylation is 1. The second-order valence-electron chi connectivity index (χ2n) is 6.74. The van der Waals surface area contributed by atoms with Crippen molar-refractivity contribution in [3.8, 4) is 11.5 Å². The summed E-state index contributed by atoms with van der Waals surface area (Å²) >= 11 is 0. The van der Waals surface area contributed by atoms with Crippen LogP contribution in [0.5, 0.6) is 11.5 Å². The van der Waals surface area contributed by atoms with E-state index in [1.165, 1.54) is 6.21 Å². The average molecular weight is 381 g/mol. The first-order valence-corrected chi connectivity index (χ1v) is 9.14. The number of hydrogen-bond donors (Lipinski definition) is 2. The molecular formula is C21H23N3O4. The van der Waals surface area contributed by atoms with Crippen molar-refractivity contribution in [1.29, 1.82) is 0 Å². The minimum absolute atomic E-state index is 0.0907. The number of para-hydroxylation sites is 1. The lowest BCUT2D eigenvalue weighted by atomic mass is 9.93. The fourth-order valence-electron chi connectivity index (χ4n) is 3.02. The van der Waals surface area contributed by atoms with Gasteiger partial charge in [-0.2, -0.15) is 5.10 Å². The zero-order valence-corrected chi connectivity index (χ0v) is 15.9. The van der Waals surface area contributed by atoms with Crippen LogP contribution < -0.4 is 10.1 Å². The molecule has 28 heavy (non-hydrogen) atoms. The van der Waals surface area contributed by atoms with Crippen LogP contribution in [0.15, 0.2) is 53.6 Å². The summed E-state index contributed by atoms with van der Waals surface area (Å²) in [5.74, 6) is -0.200. The third-order valence-corrected chi connectivity index (χ3v) is 4.64. The second-order valence-corrected chi connectivity index (χ2v) is 6.74. The van der Waals surface area contributed by atoms with Crippen LogP contribution in [0.25, 0.3) is 0 Å². The fourth-order valence-corrected chi connectivity index (χ4v) is 3.02. The fraction of sp³-hybridized carbons (Fsp3) is 0.286. The van der Waals surface area contributed by atoms with Gasteiger partial charge in [0.2, 0.25) is 0 Å². The number of rotatable bonds is 7. The van der Waals surface area contributed by atoms with Crippen molar-refractivity contribution in [2.75, 3.05) is 6.61 Å². The number of carbonyl (C=O) groups excluding carboxylic acids is 2. The van der Waals surface area contributed by atoms with E-state index in [2.05, 4.69) is 10.4 Å². The number of ether oxygens (including phenoxy) is 1. The van der Waals surface area contributed by atoms with Crippen molar-refractivity contribution in [3.63, 3.8) is 0 Å². The second kappa shape index (κ2) is 8.12. The Morgan fingerprint density at radius 2 is 1.93 bits per heavy atom. The van der Waals surface area contributed by atoms with Crippen LogP contribution in [0.1, 0.15) is 31.4 Å². The number of phenols is 1. The maximum absolute atomic E-state index is 12.8. The number of imide groups is 1. The van der Waals surface area contributed by atoms with Crippen LogP contribution in [0.4, 0.5) is 4.79 Å². The van der Waals surface area contributed by atoms with Gasteiger partial charge in [0.05, 0.1) is 12.8 Å². The number of amides is 3. The van der Waals surface area contributed by atoms with Gasteiger partial charge in [-0.3, -0.25) is 4.79 Å². The molecule has 2 aromatic rings. The van der Waals surface area contributed by atoms with Crippen molar-refractivity contribution >= 4 is 18.2 Å². The van der Waals surface area contributed by atoms with Crippen LogP contribution in [0.3, 0.4) is 0 Å². The maximum atomic E-state index is 12.8. The first-order valence-electron chi connectivity index (χ1n) is 9.14. The van der Waals surface area contributed by atoms with Gasteiger partial charge in [0.25, 0.3) is 5.91 Å². The summed E-state index contributed by atoms with van der Waals surface area (Å²) in [4.78, 5) is 25.1. The number of urea groups is 1. The molecule has 1 aliphatic rings. The van der Waals surface area contributed by atoms with Gasteiger partial charge in [-0.05, 0) is 44.4 Å². The van der Waals surface area contributed by atoms with Crippen LogP contribution in [0, 0.1) is 0 Å². The van der Waals surface area contributed by atoms with Gasteiger partial charge in [0.1, 0.15) is 5.54 Å². The molecule has 7 nitrogen and oxygen atoms in total. The highest BCUT2D eigenvalue weighted by Crippen LogP contribution is 2.29. The van der Waals surface area contributed by atoms with Gasteiger partial charge in [0, 0.05) is 5.56 Å². The molecule has 1 heterocycles. The van der Waals surface area contributed by atoms with Gasteiger partial charge < -0.3 is 15.2 Å². The Kier molecular flexibility index (Phi) is 5.63. The zero-order chi connectivity index (χ0) is 20.1. The minimum Gasteiger partial charge on any atom is -0.504 e. The van der Waals surface area contributed by atoms with Crippen LogP contribution in [-0.2, 0) is 11.2 Å². The van der Waals surface area contributed by atoms with Crippen LogP contribution in [0.2, 0.25) is 0 Å². The lowest BCUT2D eigenvalue weighted by Gasteiger charge is -2.20. The third-order valence-electron chi connectivity index (χ3n) is 4.64. The zero-order valence-electron chi connectivity index (χ0n) is 15.9. The van der Waals surface area contributed by atoms with Crippen LogP contribution >= 0.6 is 0 Å². The molecule has 2 aromatic carbocycles. The molecule has 0 unspecified atom stereocenters. The van der Waals surface area contributed by atoms with Crippen molar-refractivity contribution in [2.45, 2.75) is 32.2 Å². The summed E-state index contributed by atoms with van der Waals surface area (Å²) in [5, 5.41) is 17.7. The summed E-state index contributed by atoms with van der Waals surface area (Å²) in [6.45, 7) is 3.91. The lowest BCUT2D eigenvalue weighted by molar-refractivity contribution is -0.130. The molecule has 0 aliphatic carbocycles. The number of carbonyl (C=O) groups is 2. The molecule has 146 valence electrons. The summed E-state index contributed by atoms with van der Waals surface area (Å²) in [6.07, 6.45) is 2.38. The van der Waals surface area contributed by atoms with Gasteiger partial charge in [0.15, 0.2) is 11.5 Å². The number of hydrazone groups is 1. The molecule has 3 rings (SSSR count). The number of phenolic OH excluding ortho intramolecular Hbond substituents is 1. The number of hydrogen-bond acceptors (Lipinski definition) is 5. The summed E-state index contributed by atoms with van der Waals surface area (Å²) in [7, 11) is 0. The Morgan fingerprint density at radius 1 is 1.18 bits per heavy atom. The summed E-state index contributed by atoms with van der Waals surface area (Å²) in [6, 6.07) is 14.1. The van der Waals surface area contributed by atoms with E-state index in [0.717, 1.165) is 10.6 Å². The number of benzene rings is 2. The van der Waals surface area contributed by atoms with E-state index in [1.807, 2.05) is 37.3 Å². The molecule has 0 aromatic heterocycles. The van der Waals surface area contributed by atoms with E-state index >= 15 is 0 Å². The highest BCUT2D eigenvalue weighted by molar-refractivity contribution is 6.07. The van der Waals surface area contributed by atoms with Gasteiger partial charge >= 0.3 is 6.03 Å². The molecule has 1 saturated heterocycles. The van der Waals surface area contributed by atoms with Crippen molar-refractivity contribution < 1.29 is 19.4 Å². The predicted molar refractivity (Wildman–Crippen MR) is 105 cm³/mol. The third kappa shape index (κ3) is 3.98. The van der Waals surface area contributed by atoms with E-state index in [-0.39, 0.29) is 5.75 Å². The standard InChI is InChI=1S/C21H23N3O4/c1-3-28-17-11-7-10-16(18(17)25)14-22-24-19(26)21(2,23-20(24)27)13-12-15-8-5-4-6-9-15/h4-11,14,25H,3,12-13H2,1-2H3,(H,23,27)/b22-14+/t21-/m1/s1. The molecule has 0 radical (unpaired) electrons. The van der Waals surface area contributed by atoms with E-state index in [0.29, 0.717) is 30.8 Å². The Balaban J connectivity index is 1.73. The highest BCUT2D eigenvalue weighted by atomic mass is 16.5. The molecule has 0 spiro atoms. The minimum atomic E-state index is -1.03. The van der Waals surface area contributed by atoms with E-state index in [1.54, 1.807) is 25.1 Å². The number of nitrogens with one attached hydrogen (secondary N) is 1. The Labute approximate surface area is 163 Å². The molecule has 3 amide bonds. The summed E-state index contributed by atoms with van der Waals surface area (Å²) < 4.78 is 5.33.